The summed E-state index contributed by atoms with van der Waals surface area (Å²) >= 11 is 0. The zero-order valence-corrected chi connectivity index (χ0v) is 18.1. The predicted octanol–water partition coefficient (Wildman–Crippen LogP) is 5.18. The third kappa shape index (κ3) is 2.00. The van der Waals surface area contributed by atoms with Gasteiger partial charge in [0.25, 0.3) is 0 Å². The molecular weight excluding hydrogens is 384 g/mol. The summed E-state index contributed by atoms with van der Waals surface area (Å²) in [5.41, 5.74) is 7.63. The molecule has 1 spiro atoms. The highest BCUT2D eigenvalue weighted by molar-refractivity contribution is 5.86. The van der Waals surface area contributed by atoms with Gasteiger partial charge in [-0.1, -0.05) is 43.3 Å². The number of para-hydroxylation sites is 1. The Bertz CT molecular complexity index is 1270. The van der Waals surface area contributed by atoms with Crippen LogP contribution in [0.5, 0.6) is 11.5 Å². The first-order valence-corrected chi connectivity index (χ1v) is 11.5. The molecule has 2 aliphatic carbocycles. The normalized spacial score (nSPS) is 32.5. The van der Waals surface area contributed by atoms with Crippen molar-refractivity contribution in [2.45, 2.75) is 50.2 Å². The molecule has 1 fully saturated rings. The fourth-order valence-corrected chi connectivity index (χ4v) is 7.78. The van der Waals surface area contributed by atoms with E-state index in [-0.39, 0.29) is 17.3 Å². The minimum atomic E-state index is -0.0782. The van der Waals surface area contributed by atoms with Crippen molar-refractivity contribution in [1.29, 1.82) is 0 Å². The van der Waals surface area contributed by atoms with Crippen LogP contribution in [0, 0.1) is 5.92 Å². The van der Waals surface area contributed by atoms with Crippen LogP contribution < -0.4 is 4.74 Å². The summed E-state index contributed by atoms with van der Waals surface area (Å²) in [6, 6.07) is 13.1. The SMILES string of the molecule is C=C(C)CN1CC[C@]23c4c5ccc(O)c4O[C@H]2c2[nH]c4ccccc4c2[C@H](C)[C@H]3[C@H]1C5. The fourth-order valence-electron chi connectivity index (χ4n) is 7.78. The zero-order valence-electron chi connectivity index (χ0n) is 18.1. The number of H-pyrrole nitrogens is 1. The van der Waals surface area contributed by atoms with Crippen LogP contribution in [0.1, 0.15) is 54.7 Å². The van der Waals surface area contributed by atoms with Gasteiger partial charge in [0, 0.05) is 34.5 Å². The first kappa shape index (κ1) is 17.9. The second-order valence-electron chi connectivity index (χ2n) is 10.2. The third-order valence-electron chi connectivity index (χ3n) is 8.62. The lowest BCUT2D eigenvalue weighted by Crippen LogP contribution is -2.63. The molecule has 2 aromatic carbocycles. The molecule has 158 valence electrons. The quantitative estimate of drug-likeness (QED) is 0.570. The Morgan fingerprint density at radius 2 is 2.13 bits per heavy atom. The molecule has 0 unspecified atom stereocenters. The van der Waals surface area contributed by atoms with Crippen molar-refractivity contribution in [3.05, 3.63) is 70.9 Å². The van der Waals surface area contributed by atoms with Gasteiger partial charge in [-0.2, -0.15) is 0 Å². The topological polar surface area (TPSA) is 48.5 Å². The van der Waals surface area contributed by atoms with Crippen LogP contribution in [0.15, 0.2) is 48.6 Å². The van der Waals surface area contributed by atoms with Crippen molar-refractivity contribution in [3.8, 4) is 11.5 Å². The molecule has 2 aliphatic heterocycles. The predicted molar refractivity (Wildman–Crippen MR) is 122 cm³/mol. The van der Waals surface area contributed by atoms with E-state index in [1.807, 2.05) is 6.07 Å². The average molecular weight is 413 g/mol. The lowest BCUT2D eigenvalue weighted by Gasteiger charge is -2.60. The Morgan fingerprint density at radius 3 is 2.97 bits per heavy atom. The van der Waals surface area contributed by atoms with Crippen LogP contribution in [0.25, 0.3) is 10.9 Å². The van der Waals surface area contributed by atoms with Crippen molar-refractivity contribution in [3.63, 3.8) is 0 Å². The fraction of sp³-hybridized carbons (Fsp3) is 0.407. The van der Waals surface area contributed by atoms with E-state index in [9.17, 15) is 5.11 Å². The summed E-state index contributed by atoms with van der Waals surface area (Å²) in [6.07, 6.45) is 2.00. The van der Waals surface area contributed by atoms with Gasteiger partial charge < -0.3 is 14.8 Å². The first-order chi connectivity index (χ1) is 15.0. The van der Waals surface area contributed by atoms with Gasteiger partial charge >= 0.3 is 0 Å². The minimum Gasteiger partial charge on any atom is -0.504 e. The maximum atomic E-state index is 10.8. The number of phenols is 1. The molecule has 4 heteroatoms. The van der Waals surface area contributed by atoms with Crippen molar-refractivity contribution < 1.29 is 9.84 Å². The molecule has 1 aromatic heterocycles. The van der Waals surface area contributed by atoms with Gasteiger partial charge in [-0.05, 0) is 61.4 Å². The second kappa shape index (κ2) is 5.74. The molecule has 5 atom stereocenters. The van der Waals surface area contributed by atoms with Crippen molar-refractivity contribution in [1.82, 2.24) is 9.88 Å². The highest BCUT2D eigenvalue weighted by Gasteiger charge is 2.67. The first-order valence-electron chi connectivity index (χ1n) is 11.5. The van der Waals surface area contributed by atoms with Gasteiger partial charge in [0.2, 0.25) is 0 Å². The summed E-state index contributed by atoms with van der Waals surface area (Å²) in [5, 5.41) is 12.1. The molecule has 3 aromatic rings. The Kier molecular flexibility index (Phi) is 3.32. The molecule has 4 nitrogen and oxygen atoms in total. The van der Waals surface area contributed by atoms with E-state index in [4.69, 9.17) is 4.74 Å². The standard InChI is InChI=1S/C27H28N2O2/c1-14(2)13-29-11-10-27-22-15(3)21-17-6-4-5-7-18(17)28-24(21)26(27)31-25-20(30)9-8-16(23(25)27)12-19(22)29/h4-9,15,19,22,26,28,30H,1,10-13H2,2-3H3/t15-,19+,22-,26-,27-/m0/s1. The average Bonchev–Trinajstić information content (AvgIpc) is 3.29. The Labute approximate surface area is 182 Å². The highest BCUT2D eigenvalue weighted by Crippen LogP contribution is 2.70. The van der Waals surface area contributed by atoms with Crippen molar-refractivity contribution in [2.24, 2.45) is 5.92 Å². The van der Waals surface area contributed by atoms with Crippen LogP contribution in [-0.4, -0.2) is 34.1 Å². The molecule has 4 aliphatic rings. The van der Waals surface area contributed by atoms with E-state index in [2.05, 4.69) is 60.6 Å². The minimum absolute atomic E-state index is 0.0621. The number of aromatic amines is 1. The summed E-state index contributed by atoms with van der Waals surface area (Å²) in [4.78, 5) is 6.41. The maximum absolute atomic E-state index is 10.8. The Balaban J connectivity index is 1.54. The molecular formula is C27H28N2O2. The number of aromatic hydroxyl groups is 1. The van der Waals surface area contributed by atoms with Crippen LogP contribution in [0.3, 0.4) is 0 Å². The number of benzene rings is 2. The van der Waals surface area contributed by atoms with E-state index in [1.54, 1.807) is 0 Å². The highest BCUT2D eigenvalue weighted by atomic mass is 16.5. The number of piperidine rings is 1. The lowest BCUT2D eigenvalue weighted by atomic mass is 9.49. The molecule has 7 rings (SSSR count). The number of hydrogen-bond acceptors (Lipinski definition) is 3. The van der Waals surface area contributed by atoms with Crippen LogP contribution >= 0.6 is 0 Å². The van der Waals surface area contributed by atoms with Gasteiger partial charge in [0.05, 0.1) is 5.69 Å². The molecule has 0 amide bonds. The van der Waals surface area contributed by atoms with Crippen molar-refractivity contribution in [2.75, 3.05) is 13.1 Å². The molecule has 2 bridgehead atoms. The van der Waals surface area contributed by atoms with Gasteiger partial charge in [0.15, 0.2) is 11.5 Å². The zero-order chi connectivity index (χ0) is 21.1. The third-order valence-corrected chi connectivity index (χ3v) is 8.62. The monoisotopic (exact) mass is 412 g/mol. The summed E-state index contributed by atoms with van der Waals surface area (Å²) < 4.78 is 6.71. The van der Waals surface area contributed by atoms with Crippen molar-refractivity contribution >= 4 is 10.9 Å². The van der Waals surface area contributed by atoms with E-state index < -0.39 is 0 Å². The second-order valence-corrected chi connectivity index (χ2v) is 10.2. The maximum Gasteiger partial charge on any atom is 0.166 e. The van der Waals surface area contributed by atoms with E-state index in [0.717, 1.165) is 31.7 Å². The van der Waals surface area contributed by atoms with Crippen LogP contribution in [0.4, 0.5) is 0 Å². The number of aromatic nitrogens is 1. The largest absolute Gasteiger partial charge is 0.504 e. The van der Waals surface area contributed by atoms with Gasteiger partial charge in [-0.15, -0.1) is 0 Å². The van der Waals surface area contributed by atoms with E-state index >= 15 is 0 Å². The van der Waals surface area contributed by atoms with E-state index in [0.29, 0.717) is 17.9 Å². The molecule has 0 saturated carbocycles. The Morgan fingerprint density at radius 1 is 1.29 bits per heavy atom. The molecule has 2 N–H and O–H groups in total. The smallest absolute Gasteiger partial charge is 0.166 e. The van der Waals surface area contributed by atoms with Gasteiger partial charge in [-0.3, -0.25) is 4.90 Å². The number of hydrogen-bond donors (Lipinski definition) is 2. The van der Waals surface area contributed by atoms with E-state index in [1.165, 1.54) is 38.9 Å². The number of rotatable bonds is 2. The lowest BCUT2D eigenvalue weighted by molar-refractivity contribution is -0.0432. The molecule has 3 heterocycles. The number of nitrogens with one attached hydrogen (secondary N) is 1. The molecule has 1 saturated heterocycles. The number of ether oxygens (including phenoxy) is 1. The summed E-state index contributed by atoms with van der Waals surface area (Å²) in [7, 11) is 0. The number of fused-ring (bicyclic) bond motifs is 4. The number of phenolic OH excluding ortho intramolecular Hbond substituents is 1. The summed E-state index contributed by atoms with van der Waals surface area (Å²) in [6.45, 7) is 10.8. The van der Waals surface area contributed by atoms with Crippen LogP contribution in [0.2, 0.25) is 0 Å². The number of nitrogens with zero attached hydrogens (tertiary/aromatic N) is 1. The van der Waals surface area contributed by atoms with Crippen LogP contribution in [-0.2, 0) is 11.8 Å². The number of likely N-dealkylation sites (tertiary alicyclic amines) is 1. The molecule has 0 radical (unpaired) electrons. The van der Waals surface area contributed by atoms with Gasteiger partial charge in [0.1, 0.15) is 6.10 Å². The summed E-state index contributed by atoms with van der Waals surface area (Å²) in [5.74, 6) is 1.88. The Hall–Kier alpha value is -2.72. The molecule has 31 heavy (non-hydrogen) atoms. The van der Waals surface area contributed by atoms with Gasteiger partial charge in [-0.25, -0.2) is 0 Å².